The van der Waals surface area contributed by atoms with Crippen LogP contribution in [0.25, 0.3) is 0 Å². The molecule has 0 bridgehead atoms. The molecule has 1 rings (SSSR count). The van der Waals surface area contributed by atoms with Gasteiger partial charge in [0.1, 0.15) is 5.69 Å². The Kier molecular flexibility index (Phi) is 3.11. The van der Waals surface area contributed by atoms with Crippen LogP contribution in [0, 0.1) is 0 Å². The summed E-state index contributed by atoms with van der Waals surface area (Å²) >= 11 is 0. The van der Waals surface area contributed by atoms with Gasteiger partial charge >= 0.3 is 0 Å². The molecule has 0 aliphatic rings. The Balaban J connectivity index is 2.98. The lowest BCUT2D eigenvalue weighted by Gasteiger charge is -2.08. The van der Waals surface area contributed by atoms with Crippen molar-refractivity contribution in [1.82, 2.24) is 4.98 Å². The first-order valence-corrected chi connectivity index (χ1v) is 4.08. The van der Waals surface area contributed by atoms with Gasteiger partial charge in [0, 0.05) is 13.5 Å². The van der Waals surface area contributed by atoms with Crippen LogP contribution >= 0.6 is 0 Å². The van der Waals surface area contributed by atoms with Crippen molar-refractivity contribution in [2.24, 2.45) is 11.5 Å². The molecule has 0 radical (unpaired) electrons. The molecule has 0 aliphatic carbocycles. The van der Waals surface area contributed by atoms with Crippen molar-refractivity contribution < 1.29 is 4.79 Å². The molecule has 0 saturated heterocycles. The minimum atomic E-state index is -0.292. The maximum Gasteiger partial charge on any atom is 0.178 e. The maximum absolute atomic E-state index is 11.0. The highest BCUT2D eigenvalue weighted by Crippen LogP contribution is 2.06. The predicted octanol–water partition coefficient (Wildman–Crippen LogP) is 0.243. The van der Waals surface area contributed by atoms with Gasteiger partial charge in [-0.2, -0.15) is 0 Å². The van der Waals surface area contributed by atoms with Crippen molar-refractivity contribution in [3.05, 3.63) is 29.6 Å². The fourth-order valence-corrected chi connectivity index (χ4v) is 0.975. The van der Waals surface area contributed by atoms with Gasteiger partial charge in [-0.25, -0.2) is 4.98 Å². The monoisotopic (exact) mass is 179 g/mol. The zero-order chi connectivity index (χ0) is 9.84. The second-order valence-corrected chi connectivity index (χ2v) is 2.85. The molecule has 4 N–H and O–H groups in total. The lowest BCUT2D eigenvalue weighted by Crippen LogP contribution is -2.22. The molecule has 0 aromatic carbocycles. The molecular formula is C9H13N3O. The van der Waals surface area contributed by atoms with Gasteiger partial charge in [0.15, 0.2) is 5.78 Å². The number of carbonyl (C=O) groups is 1. The average Bonchev–Trinajstić information content (AvgIpc) is 2.17. The lowest BCUT2D eigenvalue weighted by atomic mass is 10.2. The van der Waals surface area contributed by atoms with Gasteiger partial charge in [-0.15, -0.1) is 0 Å². The van der Waals surface area contributed by atoms with E-state index in [1.54, 1.807) is 18.2 Å². The van der Waals surface area contributed by atoms with E-state index < -0.39 is 0 Å². The number of hydrogen-bond acceptors (Lipinski definition) is 4. The number of carbonyl (C=O) groups excluding carboxylic acids is 1. The van der Waals surface area contributed by atoms with Crippen LogP contribution in [0.1, 0.15) is 29.1 Å². The number of ketones is 1. The molecule has 4 heteroatoms. The van der Waals surface area contributed by atoms with E-state index in [4.69, 9.17) is 11.5 Å². The first-order chi connectivity index (χ1) is 6.15. The summed E-state index contributed by atoms with van der Waals surface area (Å²) in [5.74, 6) is -0.0638. The number of Topliss-reactive ketones (excluding diaryl/α,β-unsaturated/α-hetero) is 1. The van der Waals surface area contributed by atoms with Crippen molar-refractivity contribution in [3.63, 3.8) is 0 Å². The van der Waals surface area contributed by atoms with E-state index in [0.29, 0.717) is 17.9 Å². The second-order valence-electron chi connectivity index (χ2n) is 2.85. The molecule has 1 atom stereocenters. The standard InChI is InChI=1S/C9H13N3O/c1-6(13)8-3-2-4-9(12-8)7(11)5-10/h2-4,7H,5,10-11H2,1H3/t7-/m0/s1. The van der Waals surface area contributed by atoms with Crippen LogP contribution in [-0.2, 0) is 0 Å². The molecule has 1 aromatic rings. The third kappa shape index (κ3) is 2.34. The van der Waals surface area contributed by atoms with Crippen molar-refractivity contribution in [2.45, 2.75) is 13.0 Å². The largest absolute Gasteiger partial charge is 0.329 e. The van der Waals surface area contributed by atoms with Crippen LogP contribution in [0.5, 0.6) is 0 Å². The zero-order valence-electron chi connectivity index (χ0n) is 7.53. The minimum Gasteiger partial charge on any atom is -0.329 e. The summed E-state index contributed by atoms with van der Waals surface area (Å²) in [7, 11) is 0. The molecule has 4 nitrogen and oxygen atoms in total. The van der Waals surface area contributed by atoms with Gasteiger partial charge in [0.25, 0.3) is 0 Å². The first kappa shape index (κ1) is 9.83. The first-order valence-electron chi connectivity index (χ1n) is 4.08. The van der Waals surface area contributed by atoms with Gasteiger partial charge in [-0.05, 0) is 12.1 Å². The number of hydrogen-bond donors (Lipinski definition) is 2. The fraction of sp³-hybridized carbons (Fsp3) is 0.333. The smallest absolute Gasteiger partial charge is 0.178 e. The van der Waals surface area contributed by atoms with Crippen LogP contribution in [0.3, 0.4) is 0 Å². The second kappa shape index (κ2) is 4.11. The lowest BCUT2D eigenvalue weighted by molar-refractivity contribution is 0.101. The molecule has 0 spiro atoms. The van der Waals surface area contributed by atoms with E-state index in [0.717, 1.165) is 0 Å². The van der Waals surface area contributed by atoms with Crippen LogP contribution in [-0.4, -0.2) is 17.3 Å². The van der Waals surface area contributed by atoms with Crippen LogP contribution < -0.4 is 11.5 Å². The molecule has 0 unspecified atom stereocenters. The van der Waals surface area contributed by atoms with Gasteiger partial charge in [-0.3, -0.25) is 4.79 Å². The average molecular weight is 179 g/mol. The summed E-state index contributed by atoms with van der Waals surface area (Å²) in [5.41, 5.74) is 12.1. The predicted molar refractivity (Wildman–Crippen MR) is 50.2 cm³/mol. The van der Waals surface area contributed by atoms with Gasteiger partial charge in [0.2, 0.25) is 0 Å². The summed E-state index contributed by atoms with van der Waals surface area (Å²) in [5, 5.41) is 0. The maximum atomic E-state index is 11.0. The fourth-order valence-electron chi connectivity index (χ4n) is 0.975. The van der Waals surface area contributed by atoms with Crippen molar-refractivity contribution in [3.8, 4) is 0 Å². The number of nitrogens with two attached hydrogens (primary N) is 2. The van der Waals surface area contributed by atoms with Crippen LogP contribution in [0.2, 0.25) is 0 Å². The van der Waals surface area contributed by atoms with E-state index in [1.165, 1.54) is 6.92 Å². The Morgan fingerprint density at radius 3 is 2.85 bits per heavy atom. The summed E-state index contributed by atoms with van der Waals surface area (Å²) in [6.45, 7) is 1.80. The summed E-state index contributed by atoms with van der Waals surface area (Å²) < 4.78 is 0. The highest BCUT2D eigenvalue weighted by Gasteiger charge is 2.07. The minimum absolute atomic E-state index is 0.0638. The summed E-state index contributed by atoms with van der Waals surface area (Å²) in [6, 6.07) is 4.90. The molecule has 0 fully saturated rings. The highest BCUT2D eigenvalue weighted by molar-refractivity contribution is 5.92. The van der Waals surface area contributed by atoms with Gasteiger partial charge in [0.05, 0.1) is 11.7 Å². The molecule has 0 amide bonds. The summed E-state index contributed by atoms with van der Waals surface area (Å²) in [4.78, 5) is 15.1. The van der Waals surface area contributed by atoms with E-state index in [1.807, 2.05) is 0 Å². The van der Waals surface area contributed by atoms with Crippen molar-refractivity contribution in [1.29, 1.82) is 0 Å². The normalized spacial score (nSPS) is 12.5. The van der Waals surface area contributed by atoms with Gasteiger partial charge < -0.3 is 11.5 Å². The molecular weight excluding hydrogens is 166 g/mol. The summed E-state index contributed by atoms with van der Waals surface area (Å²) in [6.07, 6.45) is 0. The molecule has 1 aromatic heterocycles. The van der Waals surface area contributed by atoms with E-state index in [9.17, 15) is 4.79 Å². The highest BCUT2D eigenvalue weighted by atomic mass is 16.1. The van der Waals surface area contributed by atoms with E-state index in [2.05, 4.69) is 4.98 Å². The Hall–Kier alpha value is -1.26. The Morgan fingerprint density at radius 2 is 2.31 bits per heavy atom. The molecule has 0 aliphatic heterocycles. The molecule has 70 valence electrons. The third-order valence-corrected chi connectivity index (χ3v) is 1.77. The van der Waals surface area contributed by atoms with E-state index in [-0.39, 0.29) is 11.8 Å². The van der Waals surface area contributed by atoms with Gasteiger partial charge in [-0.1, -0.05) is 6.07 Å². The van der Waals surface area contributed by atoms with Crippen molar-refractivity contribution in [2.75, 3.05) is 6.54 Å². The Labute approximate surface area is 77.0 Å². The number of nitrogens with zero attached hydrogens (tertiary/aromatic N) is 1. The van der Waals surface area contributed by atoms with E-state index >= 15 is 0 Å². The topological polar surface area (TPSA) is 82.0 Å². The Morgan fingerprint density at radius 1 is 1.62 bits per heavy atom. The SMILES string of the molecule is CC(=O)c1cccc([C@@H](N)CN)n1. The number of aromatic nitrogens is 1. The molecule has 1 heterocycles. The van der Waals surface area contributed by atoms with Crippen LogP contribution in [0.15, 0.2) is 18.2 Å². The quantitative estimate of drug-likeness (QED) is 0.651. The molecule has 13 heavy (non-hydrogen) atoms. The zero-order valence-corrected chi connectivity index (χ0v) is 7.53. The van der Waals surface area contributed by atoms with Crippen LogP contribution in [0.4, 0.5) is 0 Å². The third-order valence-electron chi connectivity index (χ3n) is 1.77. The number of pyridine rings is 1. The number of rotatable bonds is 3. The Bertz CT molecular complexity index is 311. The molecule has 0 saturated carbocycles. The van der Waals surface area contributed by atoms with Crippen molar-refractivity contribution >= 4 is 5.78 Å².